The zero-order chi connectivity index (χ0) is 29.1. The van der Waals surface area contributed by atoms with Gasteiger partial charge in [-0.3, -0.25) is 4.68 Å². The highest BCUT2D eigenvalue weighted by atomic mass is 32.2. The third-order valence-corrected chi connectivity index (χ3v) is 9.36. The normalized spacial score (nSPS) is 15.8. The molecule has 14 heteroatoms. The highest BCUT2D eigenvalue weighted by molar-refractivity contribution is 7.90. The van der Waals surface area contributed by atoms with Crippen LogP contribution in [-0.4, -0.2) is 79.1 Å². The van der Waals surface area contributed by atoms with Crippen LogP contribution in [0.25, 0.3) is 11.4 Å². The van der Waals surface area contributed by atoms with Crippen LogP contribution in [0.15, 0.2) is 49.3 Å². The van der Waals surface area contributed by atoms with Gasteiger partial charge in [0.15, 0.2) is 5.82 Å². The van der Waals surface area contributed by atoms with Crippen LogP contribution in [-0.2, 0) is 16.6 Å². The Labute approximate surface area is 242 Å². The molecule has 1 aliphatic heterocycles. The summed E-state index contributed by atoms with van der Waals surface area (Å²) >= 11 is 0. The Morgan fingerprint density at radius 3 is 2.62 bits per heavy atom. The fourth-order valence-corrected chi connectivity index (χ4v) is 6.26. The van der Waals surface area contributed by atoms with Crippen molar-refractivity contribution in [3.63, 3.8) is 0 Å². The van der Waals surface area contributed by atoms with Crippen molar-refractivity contribution in [1.29, 1.82) is 0 Å². The molecule has 1 saturated heterocycles. The lowest BCUT2D eigenvalue weighted by Gasteiger charge is -2.33. The molecule has 42 heavy (non-hydrogen) atoms. The lowest BCUT2D eigenvalue weighted by Crippen LogP contribution is -2.35. The minimum atomic E-state index is -3.49. The van der Waals surface area contributed by atoms with Gasteiger partial charge in [0, 0.05) is 44.4 Å². The number of alkyl halides is 1. The second-order valence-corrected chi connectivity index (χ2v) is 12.4. The number of halogens is 1. The molecular formula is C28H30FN9O3S. The van der Waals surface area contributed by atoms with Crippen molar-refractivity contribution in [2.24, 2.45) is 5.92 Å². The molecule has 12 nitrogen and oxygen atoms in total. The van der Waals surface area contributed by atoms with Crippen LogP contribution in [0.4, 0.5) is 21.7 Å². The van der Waals surface area contributed by atoms with Crippen molar-refractivity contribution >= 4 is 27.3 Å². The molecule has 0 spiro atoms. The molecule has 2 N–H and O–H groups in total. The number of rotatable bonds is 9. The molecule has 6 rings (SSSR count). The van der Waals surface area contributed by atoms with E-state index < -0.39 is 16.7 Å². The van der Waals surface area contributed by atoms with Gasteiger partial charge in [-0.2, -0.15) is 14.3 Å². The second-order valence-electron chi connectivity index (χ2n) is 10.4. The highest BCUT2D eigenvalue weighted by Crippen LogP contribution is 2.31. The molecule has 0 radical (unpaired) electrons. The summed E-state index contributed by atoms with van der Waals surface area (Å²) in [6.07, 6.45) is 12.5. The average molecular weight is 592 g/mol. The SMILES string of the molecule is O=S(=O)(C1CC1)n1cc(-c2nccc(Nc3cc(N4CCC(CO)CC4)c(C#Cc4cnn(CCF)c4)cn3)n2)cn1. The maximum Gasteiger partial charge on any atom is 0.256 e. The predicted molar refractivity (Wildman–Crippen MR) is 154 cm³/mol. The van der Waals surface area contributed by atoms with Crippen molar-refractivity contribution in [2.45, 2.75) is 37.5 Å². The van der Waals surface area contributed by atoms with E-state index in [1.165, 1.54) is 17.1 Å². The van der Waals surface area contributed by atoms with Gasteiger partial charge in [-0.25, -0.2) is 27.8 Å². The van der Waals surface area contributed by atoms with Crippen LogP contribution in [0.5, 0.6) is 0 Å². The van der Waals surface area contributed by atoms with Gasteiger partial charge in [-0.05, 0) is 37.7 Å². The summed E-state index contributed by atoms with van der Waals surface area (Å²) in [7, 11) is -3.49. The van der Waals surface area contributed by atoms with E-state index in [0.717, 1.165) is 41.3 Å². The summed E-state index contributed by atoms with van der Waals surface area (Å²) in [5.41, 5.74) is 2.79. The summed E-state index contributed by atoms with van der Waals surface area (Å²) in [4.78, 5) is 15.7. The van der Waals surface area contributed by atoms with E-state index in [4.69, 9.17) is 0 Å². The van der Waals surface area contributed by atoms with Crippen LogP contribution < -0.4 is 10.2 Å². The molecule has 2 fully saturated rings. The first kappa shape index (κ1) is 27.8. The van der Waals surface area contributed by atoms with Crippen molar-refractivity contribution in [1.82, 2.24) is 33.9 Å². The lowest BCUT2D eigenvalue weighted by atomic mass is 9.97. The zero-order valence-electron chi connectivity index (χ0n) is 22.8. The second kappa shape index (κ2) is 11.9. The zero-order valence-corrected chi connectivity index (χ0v) is 23.6. The van der Waals surface area contributed by atoms with Crippen molar-refractivity contribution in [3.05, 3.63) is 60.4 Å². The Hall–Kier alpha value is -4.35. The molecule has 0 bridgehead atoms. The summed E-state index contributed by atoms with van der Waals surface area (Å²) < 4.78 is 40.2. The summed E-state index contributed by atoms with van der Waals surface area (Å²) in [5, 5.41) is 20.6. The third-order valence-electron chi connectivity index (χ3n) is 7.32. The van der Waals surface area contributed by atoms with E-state index in [2.05, 4.69) is 47.2 Å². The van der Waals surface area contributed by atoms with E-state index in [1.54, 1.807) is 30.9 Å². The van der Waals surface area contributed by atoms with Crippen molar-refractivity contribution < 1.29 is 17.9 Å². The van der Waals surface area contributed by atoms with Crippen molar-refractivity contribution in [3.8, 4) is 23.2 Å². The van der Waals surface area contributed by atoms with Crippen LogP contribution >= 0.6 is 0 Å². The Morgan fingerprint density at radius 2 is 1.86 bits per heavy atom. The quantitative estimate of drug-likeness (QED) is 0.279. The number of aromatic nitrogens is 7. The Bertz CT molecular complexity index is 1730. The predicted octanol–water partition coefficient (Wildman–Crippen LogP) is 2.59. The van der Waals surface area contributed by atoms with E-state index in [0.29, 0.717) is 41.4 Å². The van der Waals surface area contributed by atoms with Gasteiger partial charge in [0.25, 0.3) is 10.0 Å². The fourth-order valence-electron chi connectivity index (χ4n) is 4.78. The van der Waals surface area contributed by atoms with Crippen molar-refractivity contribution in [2.75, 3.05) is 36.6 Å². The maximum atomic E-state index is 12.7. The van der Waals surface area contributed by atoms with Gasteiger partial charge in [0.1, 0.15) is 18.3 Å². The van der Waals surface area contributed by atoms with Crippen LogP contribution in [0.3, 0.4) is 0 Å². The molecule has 4 aromatic heterocycles. The minimum Gasteiger partial charge on any atom is -0.396 e. The first-order valence-corrected chi connectivity index (χ1v) is 15.3. The van der Waals surface area contributed by atoms with Gasteiger partial charge < -0.3 is 15.3 Å². The maximum absolute atomic E-state index is 12.7. The molecule has 0 unspecified atom stereocenters. The number of hydrogen-bond acceptors (Lipinski definition) is 10. The van der Waals surface area contributed by atoms with E-state index in [1.807, 2.05) is 6.07 Å². The average Bonchev–Trinajstić information content (AvgIpc) is 3.59. The topological polar surface area (TPSA) is 144 Å². The molecule has 0 amide bonds. The smallest absolute Gasteiger partial charge is 0.256 e. The summed E-state index contributed by atoms with van der Waals surface area (Å²) in [6.45, 7) is 1.39. The molecule has 5 heterocycles. The molecule has 1 saturated carbocycles. The number of nitrogens with one attached hydrogen (secondary N) is 1. The number of anilines is 3. The number of aliphatic hydroxyl groups is 1. The molecule has 2 aliphatic rings. The molecule has 4 aromatic rings. The third kappa shape index (κ3) is 6.12. The number of aliphatic hydroxyl groups excluding tert-OH is 1. The molecule has 218 valence electrons. The Balaban J connectivity index is 1.25. The van der Waals surface area contributed by atoms with E-state index in [9.17, 15) is 17.9 Å². The van der Waals surface area contributed by atoms with E-state index >= 15 is 0 Å². The summed E-state index contributed by atoms with van der Waals surface area (Å²) in [5.74, 6) is 7.94. The largest absolute Gasteiger partial charge is 0.396 e. The van der Waals surface area contributed by atoms with Gasteiger partial charge in [-0.15, -0.1) is 0 Å². The number of nitrogens with zero attached hydrogens (tertiary/aromatic N) is 8. The number of aryl methyl sites for hydroxylation is 1. The van der Waals surface area contributed by atoms with Crippen LogP contribution in [0.2, 0.25) is 0 Å². The standard InChI is InChI=1S/C28H30FN9O3S/c29-8-12-37-17-21(14-32-37)1-2-22-15-31-27(13-25(22)36-10-6-20(19-39)7-11-36)34-26-5-9-30-28(35-26)23-16-33-38(18-23)42(40,41)24-3-4-24/h5,9,13-18,20,24,39H,3-4,6-8,10-12,19H2,(H,30,31,34,35). The Kier molecular flexibility index (Phi) is 7.86. The lowest BCUT2D eigenvalue weighted by molar-refractivity contribution is 0.203. The monoisotopic (exact) mass is 591 g/mol. The number of hydrogen-bond donors (Lipinski definition) is 2. The van der Waals surface area contributed by atoms with Crippen LogP contribution in [0, 0.1) is 17.8 Å². The Morgan fingerprint density at radius 1 is 1.02 bits per heavy atom. The summed E-state index contributed by atoms with van der Waals surface area (Å²) in [6, 6.07) is 3.61. The van der Waals surface area contributed by atoms with Gasteiger partial charge in [-0.1, -0.05) is 11.8 Å². The first-order chi connectivity index (χ1) is 20.4. The minimum absolute atomic E-state index is 0.175. The van der Waals surface area contributed by atoms with E-state index in [-0.39, 0.29) is 24.3 Å². The highest BCUT2D eigenvalue weighted by Gasteiger charge is 2.37. The molecule has 0 aromatic carbocycles. The van der Waals surface area contributed by atoms with Gasteiger partial charge in [0.2, 0.25) is 0 Å². The van der Waals surface area contributed by atoms with Gasteiger partial charge in [0.05, 0.1) is 52.8 Å². The molecule has 1 aliphatic carbocycles. The number of piperidine rings is 1. The fraction of sp³-hybridized carbons (Fsp3) is 0.393. The first-order valence-electron chi connectivity index (χ1n) is 13.8. The molecule has 0 atom stereocenters. The molecular weight excluding hydrogens is 561 g/mol. The van der Waals surface area contributed by atoms with Crippen LogP contribution in [0.1, 0.15) is 36.8 Å². The van der Waals surface area contributed by atoms with Gasteiger partial charge >= 0.3 is 0 Å². The number of pyridine rings is 1.